The summed E-state index contributed by atoms with van der Waals surface area (Å²) in [6.45, 7) is 0. The normalized spacial score (nSPS) is 10.8. The van der Waals surface area contributed by atoms with Gasteiger partial charge in [-0.2, -0.15) is 13.2 Å². The van der Waals surface area contributed by atoms with Gasteiger partial charge >= 0.3 is 18.0 Å². The van der Waals surface area contributed by atoms with Crippen molar-refractivity contribution in [1.29, 1.82) is 0 Å². The Morgan fingerprint density at radius 1 is 0.846 bits per heavy atom. The molecule has 0 saturated carbocycles. The number of carbonyl (C=O) groups excluding carboxylic acids is 2. The van der Waals surface area contributed by atoms with E-state index in [1.54, 1.807) is 0 Å². The molecule has 138 valence electrons. The van der Waals surface area contributed by atoms with Crippen LogP contribution in [0.2, 0.25) is 0 Å². The Kier molecular flexibility index (Phi) is 5.71. The fourth-order valence-electron chi connectivity index (χ4n) is 2.06. The zero-order valence-corrected chi connectivity index (χ0v) is 13.8. The predicted octanol–water partition coefficient (Wildman–Crippen LogP) is 3.30. The fourth-order valence-corrected chi connectivity index (χ4v) is 2.06. The maximum Gasteiger partial charge on any atom is 0.416 e. The predicted molar refractivity (Wildman–Crippen MR) is 88.2 cm³/mol. The number of halogens is 3. The highest BCUT2D eigenvalue weighted by Gasteiger charge is 2.30. The van der Waals surface area contributed by atoms with Gasteiger partial charge < -0.3 is 20.1 Å². The topological polar surface area (TPSA) is 76.7 Å². The first-order chi connectivity index (χ1) is 12.2. The molecule has 0 saturated heterocycles. The Labute approximate surface area is 146 Å². The number of amides is 2. The molecule has 0 bridgehead atoms. The number of rotatable bonds is 4. The first-order valence-corrected chi connectivity index (χ1v) is 7.26. The summed E-state index contributed by atoms with van der Waals surface area (Å²) in [7, 11) is 2.85. The number of carbonyl (C=O) groups is 2. The summed E-state index contributed by atoms with van der Waals surface area (Å²) in [5.74, 6) is -1.39. The Morgan fingerprint density at radius 3 is 1.96 bits per heavy atom. The van der Waals surface area contributed by atoms with Crippen LogP contribution in [0.5, 0.6) is 11.5 Å². The van der Waals surface area contributed by atoms with E-state index >= 15 is 0 Å². The van der Waals surface area contributed by atoms with Crippen LogP contribution in [0, 0.1) is 0 Å². The van der Waals surface area contributed by atoms with E-state index in [2.05, 4.69) is 10.6 Å². The molecule has 26 heavy (non-hydrogen) atoms. The molecule has 0 spiro atoms. The Bertz CT molecular complexity index is 822. The van der Waals surface area contributed by atoms with Crippen molar-refractivity contribution in [3.8, 4) is 11.5 Å². The molecule has 0 heterocycles. The summed E-state index contributed by atoms with van der Waals surface area (Å²) in [5.41, 5.74) is -0.824. The fraction of sp³-hybridized carbons (Fsp3) is 0.176. The molecule has 2 aromatic rings. The monoisotopic (exact) mass is 368 g/mol. The largest absolute Gasteiger partial charge is 0.493 e. The van der Waals surface area contributed by atoms with E-state index in [1.165, 1.54) is 38.5 Å². The summed E-state index contributed by atoms with van der Waals surface area (Å²) in [5, 5.41) is 4.44. The molecule has 0 unspecified atom stereocenters. The Morgan fingerprint density at radius 2 is 1.42 bits per heavy atom. The van der Waals surface area contributed by atoms with Crippen LogP contribution < -0.4 is 20.1 Å². The van der Waals surface area contributed by atoms with Gasteiger partial charge in [-0.05, 0) is 30.3 Å². The van der Waals surface area contributed by atoms with Gasteiger partial charge in [0, 0.05) is 17.4 Å². The third-order valence-corrected chi connectivity index (χ3v) is 3.30. The van der Waals surface area contributed by atoms with Crippen LogP contribution >= 0.6 is 0 Å². The van der Waals surface area contributed by atoms with Gasteiger partial charge in [-0.25, -0.2) is 0 Å². The van der Waals surface area contributed by atoms with Gasteiger partial charge in [0.2, 0.25) is 0 Å². The van der Waals surface area contributed by atoms with Crippen molar-refractivity contribution in [2.75, 3.05) is 24.9 Å². The lowest BCUT2D eigenvalue weighted by Crippen LogP contribution is -2.29. The van der Waals surface area contributed by atoms with E-state index in [9.17, 15) is 22.8 Å². The second-order valence-corrected chi connectivity index (χ2v) is 5.06. The summed E-state index contributed by atoms with van der Waals surface area (Å²) in [6, 6.07) is 8.42. The standard InChI is InChI=1S/C17H15F3N2O4/c1-25-13-7-6-12(9-14(13)26-2)22-16(24)15(23)21-11-5-3-4-10(8-11)17(18,19)20/h3-9H,1-2H3,(H,21,23)(H,22,24). The highest BCUT2D eigenvalue weighted by Crippen LogP contribution is 2.31. The lowest BCUT2D eigenvalue weighted by atomic mass is 10.2. The van der Waals surface area contributed by atoms with Gasteiger partial charge in [0.25, 0.3) is 0 Å². The number of benzene rings is 2. The number of nitrogens with one attached hydrogen (secondary N) is 2. The number of methoxy groups -OCH3 is 2. The van der Waals surface area contributed by atoms with Gasteiger partial charge in [0.1, 0.15) is 0 Å². The van der Waals surface area contributed by atoms with Crippen LogP contribution in [0.4, 0.5) is 24.5 Å². The summed E-state index contributed by atoms with van der Waals surface area (Å²) in [4.78, 5) is 23.8. The highest BCUT2D eigenvalue weighted by atomic mass is 19.4. The van der Waals surface area contributed by atoms with E-state index < -0.39 is 23.6 Å². The van der Waals surface area contributed by atoms with Crippen molar-refractivity contribution in [3.63, 3.8) is 0 Å². The third-order valence-electron chi connectivity index (χ3n) is 3.30. The van der Waals surface area contributed by atoms with Crippen molar-refractivity contribution in [2.45, 2.75) is 6.18 Å². The van der Waals surface area contributed by atoms with Gasteiger partial charge in [-0.3, -0.25) is 9.59 Å². The lowest BCUT2D eigenvalue weighted by Gasteiger charge is -2.11. The van der Waals surface area contributed by atoms with E-state index in [4.69, 9.17) is 9.47 Å². The molecule has 0 radical (unpaired) electrons. The minimum atomic E-state index is -4.55. The number of hydrogen-bond acceptors (Lipinski definition) is 4. The van der Waals surface area contributed by atoms with Crippen molar-refractivity contribution in [3.05, 3.63) is 48.0 Å². The quantitative estimate of drug-likeness (QED) is 0.812. The van der Waals surface area contributed by atoms with Crippen LogP contribution in [0.3, 0.4) is 0 Å². The highest BCUT2D eigenvalue weighted by molar-refractivity contribution is 6.43. The maximum atomic E-state index is 12.7. The van der Waals surface area contributed by atoms with Gasteiger partial charge in [-0.15, -0.1) is 0 Å². The van der Waals surface area contributed by atoms with Crippen LogP contribution in [-0.2, 0) is 15.8 Å². The van der Waals surface area contributed by atoms with Gasteiger partial charge in [-0.1, -0.05) is 6.07 Å². The molecular formula is C17H15F3N2O4. The van der Waals surface area contributed by atoms with E-state index in [1.807, 2.05) is 0 Å². The Hall–Kier alpha value is -3.23. The summed E-state index contributed by atoms with van der Waals surface area (Å²) in [6.07, 6.45) is -4.55. The van der Waals surface area contributed by atoms with Gasteiger partial charge in [0.15, 0.2) is 11.5 Å². The van der Waals surface area contributed by atoms with Crippen molar-refractivity contribution in [1.82, 2.24) is 0 Å². The molecule has 9 heteroatoms. The molecule has 0 aliphatic heterocycles. The molecule has 2 aromatic carbocycles. The van der Waals surface area contributed by atoms with Crippen molar-refractivity contribution >= 4 is 23.2 Å². The molecule has 2 rings (SSSR count). The number of ether oxygens (including phenoxy) is 2. The van der Waals surface area contributed by atoms with E-state index in [0.29, 0.717) is 11.5 Å². The Balaban J connectivity index is 2.08. The molecule has 6 nitrogen and oxygen atoms in total. The first kappa shape index (κ1) is 19.1. The third kappa shape index (κ3) is 4.65. The first-order valence-electron chi connectivity index (χ1n) is 7.26. The summed E-state index contributed by atoms with van der Waals surface area (Å²) >= 11 is 0. The maximum absolute atomic E-state index is 12.7. The zero-order chi connectivity index (χ0) is 19.3. The number of alkyl halides is 3. The smallest absolute Gasteiger partial charge is 0.416 e. The molecule has 0 aliphatic carbocycles. The average Bonchev–Trinajstić information content (AvgIpc) is 2.61. The minimum absolute atomic E-state index is 0.146. The summed E-state index contributed by atoms with van der Waals surface area (Å²) < 4.78 is 48.1. The van der Waals surface area contributed by atoms with Crippen LogP contribution in [0.25, 0.3) is 0 Å². The lowest BCUT2D eigenvalue weighted by molar-refractivity contribution is -0.137. The second kappa shape index (κ2) is 7.77. The van der Waals surface area contributed by atoms with E-state index in [-0.39, 0.29) is 11.4 Å². The minimum Gasteiger partial charge on any atom is -0.493 e. The molecule has 0 aromatic heterocycles. The zero-order valence-electron chi connectivity index (χ0n) is 13.8. The average molecular weight is 368 g/mol. The second-order valence-electron chi connectivity index (χ2n) is 5.06. The van der Waals surface area contributed by atoms with Crippen LogP contribution in [0.1, 0.15) is 5.56 Å². The van der Waals surface area contributed by atoms with Crippen molar-refractivity contribution in [2.24, 2.45) is 0 Å². The molecule has 2 N–H and O–H groups in total. The number of anilines is 2. The van der Waals surface area contributed by atoms with E-state index in [0.717, 1.165) is 18.2 Å². The van der Waals surface area contributed by atoms with Crippen LogP contribution in [0.15, 0.2) is 42.5 Å². The molecule has 0 aliphatic rings. The molecule has 0 atom stereocenters. The van der Waals surface area contributed by atoms with Gasteiger partial charge in [0.05, 0.1) is 19.8 Å². The van der Waals surface area contributed by atoms with Crippen LogP contribution in [-0.4, -0.2) is 26.0 Å². The number of hydrogen-bond donors (Lipinski definition) is 2. The van der Waals surface area contributed by atoms with Crippen molar-refractivity contribution < 1.29 is 32.2 Å². The molecule has 2 amide bonds. The molecular weight excluding hydrogens is 353 g/mol. The molecule has 0 fully saturated rings. The SMILES string of the molecule is COc1ccc(NC(=O)C(=O)Nc2cccc(C(F)(F)F)c2)cc1OC.